The first kappa shape index (κ1) is 16.2. The molecule has 0 unspecified atom stereocenters. The third-order valence-electron chi connectivity index (χ3n) is 1.56. The Labute approximate surface area is 121 Å². The van der Waals surface area contributed by atoms with Gasteiger partial charge in [-0.25, -0.2) is 13.4 Å². The molecule has 0 fully saturated rings. The van der Waals surface area contributed by atoms with E-state index in [9.17, 15) is 31.7 Å². The minimum atomic E-state index is -5.24. The number of nitro groups is 1. The molecule has 0 saturated carbocycles. The summed E-state index contributed by atoms with van der Waals surface area (Å²) in [7, 11) is 0.165. The summed E-state index contributed by atoms with van der Waals surface area (Å²) in [6.45, 7) is 0. The summed E-state index contributed by atoms with van der Waals surface area (Å²) in [5.41, 5.74) is -1.47. The zero-order chi connectivity index (χ0) is 15.0. The van der Waals surface area contributed by atoms with E-state index in [1.54, 1.807) is 0 Å². The van der Waals surface area contributed by atoms with Crippen LogP contribution < -0.4 is 4.74 Å². The van der Waals surface area contributed by atoms with Crippen LogP contribution in [0.1, 0.15) is 0 Å². The molecule has 0 N–H and O–H groups in total. The fraction of sp³-hybridized carbons (Fsp3) is 0.167. The van der Waals surface area contributed by atoms with Crippen LogP contribution in [0.2, 0.25) is 0 Å². The highest BCUT2D eigenvalue weighted by Gasteiger charge is 2.40. The van der Waals surface area contributed by atoms with E-state index in [-0.39, 0.29) is 0 Å². The number of rotatable bonds is 3. The highest BCUT2D eigenvalue weighted by Crippen LogP contribution is 2.40. The van der Waals surface area contributed by atoms with E-state index < -0.39 is 40.4 Å². The average molecular weight is 433 g/mol. The Morgan fingerprint density at radius 3 is 2.37 bits per heavy atom. The van der Waals surface area contributed by atoms with Gasteiger partial charge in [-0.15, -0.1) is 13.2 Å². The van der Waals surface area contributed by atoms with Gasteiger partial charge in [0.1, 0.15) is 0 Å². The zero-order valence-corrected chi connectivity index (χ0v) is 12.0. The molecular formula is C6HClF3IN2O5S. The average Bonchev–Trinajstić information content (AvgIpc) is 2.16. The molecule has 0 saturated heterocycles. The lowest BCUT2D eigenvalue weighted by atomic mass is 10.4. The van der Waals surface area contributed by atoms with E-state index >= 15 is 0 Å². The van der Waals surface area contributed by atoms with Gasteiger partial charge in [0, 0.05) is 16.9 Å². The smallest absolute Gasteiger partial charge is 0.397 e. The van der Waals surface area contributed by atoms with Crippen molar-refractivity contribution in [3.8, 4) is 5.75 Å². The topological polar surface area (TPSA) is 99.4 Å². The first-order valence-electron chi connectivity index (χ1n) is 3.97. The van der Waals surface area contributed by atoms with Gasteiger partial charge in [0.2, 0.25) is 5.75 Å². The standard InChI is InChI=1S/C6HClF3IN2O5S/c7-19(16,17)5-3(13(14)15)4(2(11)1-12-5)18-6(8,9)10/h1H. The van der Waals surface area contributed by atoms with Crippen LogP contribution in [-0.4, -0.2) is 24.7 Å². The number of alkyl halides is 3. The molecule has 0 aliphatic carbocycles. The molecule has 0 atom stereocenters. The molecule has 0 radical (unpaired) electrons. The third kappa shape index (κ3) is 4.04. The first-order valence-corrected chi connectivity index (χ1v) is 7.35. The number of nitrogens with zero attached hydrogens (tertiary/aromatic N) is 2. The molecule has 13 heteroatoms. The molecule has 0 aromatic carbocycles. The predicted molar refractivity (Wildman–Crippen MR) is 63.3 cm³/mol. The summed E-state index contributed by atoms with van der Waals surface area (Å²) >= 11 is 1.27. The molecule has 0 amide bonds. The Kier molecular flexibility index (Phi) is 4.46. The van der Waals surface area contributed by atoms with Crippen LogP contribution in [0, 0.1) is 13.7 Å². The molecular weight excluding hydrogens is 431 g/mol. The Hall–Kier alpha value is -0.890. The van der Waals surface area contributed by atoms with Gasteiger partial charge < -0.3 is 4.74 Å². The SMILES string of the molecule is O=[N+]([O-])c1c(S(=O)(=O)Cl)ncc(I)c1OC(F)(F)F. The lowest BCUT2D eigenvalue weighted by Crippen LogP contribution is -2.19. The van der Waals surface area contributed by atoms with Crippen molar-refractivity contribution in [2.45, 2.75) is 11.4 Å². The molecule has 0 aliphatic rings. The molecule has 1 rings (SSSR count). The van der Waals surface area contributed by atoms with Crippen molar-refractivity contribution in [1.29, 1.82) is 0 Å². The van der Waals surface area contributed by atoms with E-state index in [0.717, 1.165) is 0 Å². The van der Waals surface area contributed by atoms with Crippen molar-refractivity contribution in [1.82, 2.24) is 4.98 Å². The minimum absolute atomic E-state index is 0.398. The van der Waals surface area contributed by atoms with Gasteiger partial charge in [0.25, 0.3) is 14.1 Å². The van der Waals surface area contributed by atoms with Crippen LogP contribution in [0.3, 0.4) is 0 Å². The highest BCUT2D eigenvalue weighted by atomic mass is 127. The maximum absolute atomic E-state index is 12.1. The fourth-order valence-corrected chi connectivity index (χ4v) is 2.42. The van der Waals surface area contributed by atoms with Crippen LogP contribution in [0.5, 0.6) is 5.75 Å². The van der Waals surface area contributed by atoms with Gasteiger partial charge in [-0.1, -0.05) is 0 Å². The van der Waals surface area contributed by atoms with Crippen LogP contribution in [0.15, 0.2) is 11.2 Å². The highest BCUT2D eigenvalue weighted by molar-refractivity contribution is 14.1. The molecule has 106 valence electrons. The van der Waals surface area contributed by atoms with Gasteiger partial charge in [-0.2, -0.15) is 0 Å². The second kappa shape index (κ2) is 5.24. The second-order valence-corrected chi connectivity index (χ2v) is 6.48. The number of aromatic nitrogens is 1. The Balaban J connectivity index is 3.66. The van der Waals surface area contributed by atoms with E-state index in [4.69, 9.17) is 10.7 Å². The lowest BCUT2D eigenvalue weighted by molar-refractivity contribution is -0.392. The summed E-state index contributed by atoms with van der Waals surface area (Å²) in [6, 6.07) is 0. The largest absolute Gasteiger partial charge is 0.573 e. The fourth-order valence-electron chi connectivity index (χ4n) is 0.998. The summed E-state index contributed by atoms with van der Waals surface area (Å²) in [4.78, 5) is 12.5. The first-order chi connectivity index (χ1) is 8.43. The number of hydrogen-bond donors (Lipinski definition) is 0. The van der Waals surface area contributed by atoms with Gasteiger partial charge in [0.05, 0.1) is 8.49 Å². The van der Waals surface area contributed by atoms with Crippen molar-refractivity contribution in [3.05, 3.63) is 19.9 Å². The lowest BCUT2D eigenvalue weighted by Gasteiger charge is -2.11. The van der Waals surface area contributed by atoms with Crippen molar-refractivity contribution >= 4 is 48.0 Å². The van der Waals surface area contributed by atoms with Crippen molar-refractivity contribution < 1.29 is 31.2 Å². The van der Waals surface area contributed by atoms with Gasteiger partial charge >= 0.3 is 12.0 Å². The summed E-state index contributed by atoms with van der Waals surface area (Å²) in [5.74, 6) is -1.28. The van der Waals surface area contributed by atoms with Gasteiger partial charge in [0.15, 0.2) is 0 Å². The van der Waals surface area contributed by atoms with Crippen LogP contribution in [0.4, 0.5) is 18.9 Å². The monoisotopic (exact) mass is 432 g/mol. The van der Waals surface area contributed by atoms with Gasteiger partial charge in [-0.3, -0.25) is 10.1 Å². The molecule has 0 bridgehead atoms. The van der Waals surface area contributed by atoms with E-state index in [0.29, 0.717) is 6.20 Å². The maximum atomic E-state index is 12.1. The third-order valence-corrected chi connectivity index (χ3v) is 3.53. The Morgan fingerprint density at radius 2 is 2.00 bits per heavy atom. The quantitative estimate of drug-likeness (QED) is 0.315. The number of halogens is 5. The number of ether oxygens (including phenoxy) is 1. The summed E-state index contributed by atoms with van der Waals surface area (Å²) in [5, 5.41) is 9.40. The molecule has 0 spiro atoms. The molecule has 1 aromatic rings. The number of hydrogen-bond acceptors (Lipinski definition) is 6. The van der Waals surface area contributed by atoms with Crippen molar-refractivity contribution in [2.24, 2.45) is 0 Å². The van der Waals surface area contributed by atoms with Crippen molar-refractivity contribution in [3.63, 3.8) is 0 Å². The molecule has 19 heavy (non-hydrogen) atoms. The molecule has 7 nitrogen and oxygen atoms in total. The Bertz CT molecular complexity index is 634. The van der Waals surface area contributed by atoms with Gasteiger partial charge in [-0.05, 0) is 22.6 Å². The normalized spacial score (nSPS) is 12.3. The minimum Gasteiger partial charge on any atom is -0.397 e. The van der Waals surface area contributed by atoms with E-state index in [1.165, 1.54) is 22.6 Å². The molecule has 1 heterocycles. The maximum Gasteiger partial charge on any atom is 0.573 e. The predicted octanol–water partition coefficient (Wildman–Crippen LogP) is 2.42. The van der Waals surface area contributed by atoms with Crippen LogP contribution in [-0.2, 0) is 9.05 Å². The van der Waals surface area contributed by atoms with E-state index in [1.807, 2.05) is 0 Å². The second-order valence-electron chi connectivity index (χ2n) is 2.83. The van der Waals surface area contributed by atoms with Crippen LogP contribution in [0.25, 0.3) is 0 Å². The van der Waals surface area contributed by atoms with E-state index in [2.05, 4.69) is 9.72 Å². The molecule has 1 aromatic heterocycles. The van der Waals surface area contributed by atoms with Crippen molar-refractivity contribution in [2.75, 3.05) is 0 Å². The zero-order valence-electron chi connectivity index (χ0n) is 8.31. The summed E-state index contributed by atoms with van der Waals surface area (Å²) < 4.78 is 61.6. The number of pyridine rings is 1. The summed E-state index contributed by atoms with van der Waals surface area (Å²) in [6.07, 6.45) is -4.58. The Morgan fingerprint density at radius 1 is 1.47 bits per heavy atom. The van der Waals surface area contributed by atoms with Crippen LogP contribution >= 0.6 is 33.3 Å². The molecule has 0 aliphatic heterocycles.